The third-order valence-corrected chi connectivity index (χ3v) is 15.4. The van der Waals surface area contributed by atoms with E-state index in [0.29, 0.717) is 51.0 Å². The average molecular weight is 1640 g/mol. The number of hydrogen-bond acceptors (Lipinski definition) is 31. The van der Waals surface area contributed by atoms with E-state index < -0.39 is 154 Å². The largest absolute Gasteiger partial charge is 0.356 e. The second-order valence-corrected chi connectivity index (χ2v) is 26.1. The van der Waals surface area contributed by atoms with Gasteiger partial charge in [-0.2, -0.15) is 0 Å². The van der Waals surface area contributed by atoms with Crippen molar-refractivity contribution in [3.8, 4) is 0 Å². The number of hydroxylamine groups is 10. The number of hydrogen-bond donors (Lipinski definition) is 11. The molecule has 5 aliphatic heterocycles. The van der Waals surface area contributed by atoms with Gasteiger partial charge < -0.3 is 82.7 Å². The maximum Gasteiger partial charge on any atom is 0.355 e. The van der Waals surface area contributed by atoms with Crippen molar-refractivity contribution in [2.75, 3.05) is 58.9 Å². The summed E-state index contributed by atoms with van der Waals surface area (Å²) in [7, 11) is 0. The number of imide groups is 5. The summed E-state index contributed by atoms with van der Waals surface area (Å²) in [6.07, 6.45) is 1.54. The maximum atomic E-state index is 12.5. The minimum Gasteiger partial charge on any atom is -0.356 e. The fourth-order valence-corrected chi connectivity index (χ4v) is 9.36. The number of nitrogens with one attached hydrogen (secondary N) is 11. The molecule has 5 heterocycles. The monoisotopic (exact) mass is 1640 g/mol. The summed E-state index contributed by atoms with van der Waals surface area (Å²) in [6.45, 7) is 16.6. The van der Waals surface area contributed by atoms with Crippen molar-refractivity contribution in [2.24, 2.45) is 29.6 Å². The molecule has 5 fully saturated rings. The van der Waals surface area contributed by atoms with Crippen LogP contribution in [-0.4, -0.2) is 250 Å². The highest BCUT2D eigenvalue weighted by molar-refractivity contribution is 6.06. The van der Waals surface area contributed by atoms with Gasteiger partial charge in [0.2, 0.25) is 65.0 Å². The summed E-state index contributed by atoms with van der Waals surface area (Å²) in [5, 5.41) is 28.8. The molecule has 0 radical (unpaired) electrons. The molecule has 0 saturated carbocycles. The van der Waals surface area contributed by atoms with Gasteiger partial charge in [-0.3, -0.25) is 101 Å². The van der Waals surface area contributed by atoms with Crippen LogP contribution in [0.5, 0.6) is 0 Å². The molecular weight excluding hydrogens is 1540 g/mol. The van der Waals surface area contributed by atoms with Crippen LogP contribution in [0.2, 0.25) is 0 Å². The van der Waals surface area contributed by atoms with Gasteiger partial charge in [0.1, 0.15) is 12.1 Å². The normalized spacial score (nSPS) is 17.6. The molecule has 0 aromatic carbocycles. The molecule has 0 spiro atoms. The molecule has 5 aliphatic rings. The molecule has 0 aliphatic carbocycles. The van der Waals surface area contributed by atoms with Crippen molar-refractivity contribution in [1.82, 2.24) is 83.8 Å². The molecule has 638 valence electrons. The van der Waals surface area contributed by atoms with Gasteiger partial charge in [0.15, 0.2) is 0 Å². The van der Waals surface area contributed by atoms with Crippen LogP contribution in [0.4, 0.5) is 0 Å². The SMILES string of the molecule is CC(=O)NCC(=O)NCCCCC(NC(=O)CNC(C)=O)C(=O)ON1C(=O)CC(C)C1=O.CC(=O)NCC(=O)NCCCCC(NC(=O)CNC(C)=O)C(=O)ON1C(=O)CC(C)C1=O.CC(=O)NCCC(=O)ON1C(=O)CC(C)C1=O.CC(=O)NCCC(=O)ON1C(=O)CC(C)C1=O.CC(=O)NCCC(=O)ON1C(=O)CC(C)C1=O. The predicted octanol–water partition coefficient (Wildman–Crippen LogP) is -6.14. The van der Waals surface area contributed by atoms with E-state index in [1.165, 1.54) is 62.3 Å². The fraction of sp³-hybridized carbons (Fsp3) is 0.618. The van der Waals surface area contributed by atoms with Gasteiger partial charge in [-0.05, 0) is 38.5 Å². The quantitative estimate of drug-likeness (QED) is 0.0205. The van der Waals surface area contributed by atoms with Crippen LogP contribution in [0.1, 0.15) is 173 Å². The number of carbonyl (C=O) groups is 26. The first-order valence-corrected chi connectivity index (χ1v) is 36.0. The molecule has 115 heavy (non-hydrogen) atoms. The van der Waals surface area contributed by atoms with Gasteiger partial charge in [0.05, 0.1) is 45.4 Å². The molecule has 5 rings (SSSR count). The Hall–Kier alpha value is -12.8. The summed E-state index contributed by atoms with van der Waals surface area (Å²) in [5.41, 5.74) is 0. The van der Waals surface area contributed by atoms with Crippen LogP contribution < -0.4 is 58.5 Å². The molecule has 0 aromatic heterocycles. The summed E-state index contributed by atoms with van der Waals surface area (Å²) in [5.74, 6) is -16.8. The van der Waals surface area contributed by atoms with Gasteiger partial charge in [0.25, 0.3) is 59.1 Å². The van der Waals surface area contributed by atoms with E-state index in [2.05, 4.69) is 73.0 Å². The van der Waals surface area contributed by atoms with E-state index in [4.69, 9.17) is 9.68 Å². The number of unbranched alkanes of at least 4 members (excludes halogenated alkanes) is 2. The van der Waals surface area contributed by atoms with E-state index in [1.807, 2.05) is 0 Å². The number of carbonyl (C=O) groups excluding carboxylic acids is 26. The third kappa shape index (κ3) is 40.3. The topological polar surface area (TPSA) is 639 Å². The van der Waals surface area contributed by atoms with Crippen molar-refractivity contribution < 1.29 is 149 Å². The first-order chi connectivity index (χ1) is 53.8. The molecule has 47 nitrogen and oxygen atoms in total. The minimum atomic E-state index is -1.18. The Balaban J connectivity index is 0.000000743. The highest BCUT2D eigenvalue weighted by Crippen LogP contribution is 2.24. The zero-order valence-corrected chi connectivity index (χ0v) is 65.7. The Morgan fingerprint density at radius 3 is 0.696 bits per heavy atom. The Kier molecular flexibility index (Phi) is 45.1. The lowest BCUT2D eigenvalue weighted by Gasteiger charge is -2.20. The van der Waals surface area contributed by atoms with Gasteiger partial charge >= 0.3 is 29.8 Å². The van der Waals surface area contributed by atoms with E-state index in [0.717, 1.165) is 0 Å². The number of nitrogens with zero attached hydrogens (tertiary/aromatic N) is 5. The van der Waals surface area contributed by atoms with E-state index in [9.17, 15) is 125 Å². The zero-order valence-electron chi connectivity index (χ0n) is 65.7. The Morgan fingerprint density at radius 2 is 0.496 bits per heavy atom. The lowest BCUT2D eigenvalue weighted by Crippen LogP contribution is -2.48. The second-order valence-electron chi connectivity index (χ2n) is 26.1. The molecular formula is C68H100N16O31. The maximum absolute atomic E-state index is 12.5. The highest BCUT2D eigenvalue weighted by atomic mass is 16.7. The number of amides is 21. The standard InChI is InChI=1S/2C19H29N5O8.3C10H14N2O5/c2*1-11-8-17(29)24(18(11)30)32-19(31)14(23-16(28)10-22-13(3)26)6-4-5-7-20-15(27)9-21-12(2)25;3*1-6-5-8(14)12(10(6)16)17-9(15)3-4-11-7(2)13/h2*11,14H,4-10H2,1-3H3,(H,20,27)(H,21,25)(H,22,26)(H,23,28);3*6H,3-5H2,1-2H3,(H,11,13). The van der Waals surface area contributed by atoms with Gasteiger partial charge in [-0.1, -0.05) is 34.6 Å². The van der Waals surface area contributed by atoms with Crippen molar-refractivity contribution in [3.63, 3.8) is 0 Å². The summed E-state index contributed by atoms with van der Waals surface area (Å²) < 4.78 is 0. The van der Waals surface area contributed by atoms with Crippen LogP contribution in [0.3, 0.4) is 0 Å². The van der Waals surface area contributed by atoms with Crippen molar-refractivity contribution in [3.05, 3.63) is 0 Å². The van der Waals surface area contributed by atoms with Crippen molar-refractivity contribution in [2.45, 2.75) is 185 Å². The molecule has 21 amide bonds. The van der Waals surface area contributed by atoms with Crippen molar-refractivity contribution in [1.29, 1.82) is 0 Å². The lowest BCUT2D eigenvalue weighted by atomic mass is 10.1. The molecule has 11 N–H and O–H groups in total. The average Bonchev–Trinajstić information content (AvgIpc) is 1.73. The van der Waals surface area contributed by atoms with Crippen LogP contribution in [-0.2, 0) is 149 Å². The first-order valence-electron chi connectivity index (χ1n) is 36.0. The van der Waals surface area contributed by atoms with Gasteiger partial charge in [-0.25, -0.2) is 24.0 Å². The summed E-state index contributed by atoms with van der Waals surface area (Å²) in [6, 6.07) is -2.36. The third-order valence-electron chi connectivity index (χ3n) is 15.4. The van der Waals surface area contributed by atoms with E-state index >= 15 is 0 Å². The second kappa shape index (κ2) is 51.7. The Labute approximate surface area is 658 Å². The molecule has 5 saturated heterocycles. The van der Waals surface area contributed by atoms with Crippen molar-refractivity contribution >= 4 is 154 Å². The molecule has 47 heteroatoms. The van der Waals surface area contributed by atoms with Crippen LogP contribution >= 0.6 is 0 Å². The smallest absolute Gasteiger partial charge is 0.355 e. The first kappa shape index (κ1) is 100. The number of rotatable bonds is 36. The highest BCUT2D eigenvalue weighted by Gasteiger charge is 2.44. The Morgan fingerprint density at radius 1 is 0.287 bits per heavy atom. The van der Waals surface area contributed by atoms with Gasteiger partial charge in [0, 0.05) is 143 Å². The molecule has 0 bridgehead atoms. The molecule has 7 unspecified atom stereocenters. The van der Waals surface area contributed by atoms with Gasteiger partial charge in [-0.15, -0.1) is 25.3 Å². The summed E-state index contributed by atoms with van der Waals surface area (Å²) >= 11 is 0. The Bertz CT molecular complexity index is 3390. The van der Waals surface area contributed by atoms with Crippen LogP contribution in [0, 0.1) is 29.6 Å². The van der Waals surface area contributed by atoms with Crippen LogP contribution in [0.25, 0.3) is 0 Å². The lowest BCUT2D eigenvalue weighted by molar-refractivity contribution is -0.199. The fourth-order valence-electron chi connectivity index (χ4n) is 9.36. The molecule has 7 atom stereocenters. The molecule has 0 aromatic rings. The zero-order chi connectivity index (χ0) is 87.5. The predicted molar refractivity (Wildman–Crippen MR) is 381 cm³/mol. The van der Waals surface area contributed by atoms with Crippen LogP contribution in [0.15, 0.2) is 0 Å². The van der Waals surface area contributed by atoms with E-state index in [1.54, 1.807) is 20.8 Å². The minimum absolute atomic E-state index is 0.0534. The summed E-state index contributed by atoms with van der Waals surface area (Å²) in [4.78, 5) is 320. The van der Waals surface area contributed by atoms with E-state index in [-0.39, 0.29) is 164 Å².